The van der Waals surface area contributed by atoms with Crippen LogP contribution in [0.5, 0.6) is 0 Å². The van der Waals surface area contributed by atoms with Crippen molar-refractivity contribution in [3.8, 4) is 0 Å². The summed E-state index contributed by atoms with van der Waals surface area (Å²) in [6.07, 6.45) is 2.59. The Balaban J connectivity index is 1.86. The Morgan fingerprint density at radius 1 is 1.37 bits per heavy atom. The van der Waals surface area contributed by atoms with Gasteiger partial charge in [0.25, 0.3) is 0 Å². The smallest absolute Gasteiger partial charge is 0.0234 e. The Kier molecular flexibility index (Phi) is 5.37. The molecule has 2 N–H and O–H groups in total. The summed E-state index contributed by atoms with van der Waals surface area (Å²) >= 11 is 0. The maximum Gasteiger partial charge on any atom is 0.0234 e. The SMILES string of the molecule is CC(N)CN(C)C1CCCN(Cc2ccccc2)C1. The summed E-state index contributed by atoms with van der Waals surface area (Å²) in [7, 11) is 2.21. The van der Waals surface area contributed by atoms with Gasteiger partial charge in [0.15, 0.2) is 0 Å². The summed E-state index contributed by atoms with van der Waals surface area (Å²) < 4.78 is 0. The van der Waals surface area contributed by atoms with E-state index in [1.54, 1.807) is 0 Å². The normalized spacial score (nSPS) is 22.6. The van der Waals surface area contributed by atoms with Crippen molar-refractivity contribution in [3.63, 3.8) is 0 Å². The first kappa shape index (κ1) is 14.5. The van der Waals surface area contributed by atoms with Crippen LogP contribution in [0.2, 0.25) is 0 Å². The first-order valence-corrected chi connectivity index (χ1v) is 7.37. The van der Waals surface area contributed by atoms with Crippen LogP contribution in [0.1, 0.15) is 25.3 Å². The predicted octanol–water partition coefficient (Wildman–Crippen LogP) is 1.93. The number of hydrogen-bond donors (Lipinski definition) is 1. The Hall–Kier alpha value is -0.900. The molecule has 1 heterocycles. The fourth-order valence-corrected chi connectivity index (χ4v) is 2.98. The van der Waals surface area contributed by atoms with Gasteiger partial charge in [0.1, 0.15) is 0 Å². The molecule has 0 spiro atoms. The zero-order chi connectivity index (χ0) is 13.7. The van der Waals surface area contributed by atoms with E-state index in [-0.39, 0.29) is 6.04 Å². The van der Waals surface area contributed by atoms with Gasteiger partial charge in [0.05, 0.1) is 0 Å². The third kappa shape index (κ3) is 4.60. The molecule has 1 aliphatic heterocycles. The predicted molar refractivity (Wildman–Crippen MR) is 81.0 cm³/mol. The van der Waals surface area contributed by atoms with E-state index in [1.807, 2.05) is 0 Å². The number of piperidine rings is 1. The van der Waals surface area contributed by atoms with Crippen LogP contribution >= 0.6 is 0 Å². The number of likely N-dealkylation sites (tertiary alicyclic amines) is 1. The molecular formula is C16H27N3. The minimum Gasteiger partial charge on any atom is -0.327 e. The van der Waals surface area contributed by atoms with E-state index in [2.05, 4.69) is 54.1 Å². The molecule has 0 bridgehead atoms. The van der Waals surface area contributed by atoms with Crippen LogP contribution in [-0.4, -0.2) is 48.6 Å². The molecule has 0 aliphatic carbocycles. The molecule has 19 heavy (non-hydrogen) atoms. The molecule has 1 saturated heterocycles. The summed E-state index contributed by atoms with van der Waals surface area (Å²) in [6, 6.07) is 11.7. The Morgan fingerprint density at radius 2 is 2.11 bits per heavy atom. The van der Waals surface area contributed by atoms with Gasteiger partial charge in [-0.1, -0.05) is 30.3 Å². The summed E-state index contributed by atoms with van der Waals surface area (Å²) in [6.45, 7) is 6.53. The highest BCUT2D eigenvalue weighted by molar-refractivity contribution is 5.14. The van der Waals surface area contributed by atoms with E-state index >= 15 is 0 Å². The molecule has 2 rings (SSSR count). The first-order valence-electron chi connectivity index (χ1n) is 7.37. The summed E-state index contributed by atoms with van der Waals surface area (Å²) in [4.78, 5) is 5.00. The highest BCUT2D eigenvalue weighted by Crippen LogP contribution is 2.17. The van der Waals surface area contributed by atoms with Crippen molar-refractivity contribution in [2.45, 2.75) is 38.4 Å². The Morgan fingerprint density at radius 3 is 2.79 bits per heavy atom. The van der Waals surface area contributed by atoms with Crippen molar-refractivity contribution >= 4 is 0 Å². The second-order valence-corrected chi connectivity index (χ2v) is 5.93. The van der Waals surface area contributed by atoms with E-state index < -0.39 is 0 Å². The van der Waals surface area contributed by atoms with Gasteiger partial charge in [-0.2, -0.15) is 0 Å². The van der Waals surface area contributed by atoms with Gasteiger partial charge in [0.2, 0.25) is 0 Å². The minimum atomic E-state index is 0.259. The highest BCUT2D eigenvalue weighted by Gasteiger charge is 2.23. The molecule has 1 fully saturated rings. The molecule has 1 aromatic rings. The van der Waals surface area contributed by atoms with Gasteiger partial charge in [-0.3, -0.25) is 4.90 Å². The molecule has 1 aliphatic rings. The first-order chi connectivity index (χ1) is 9.15. The third-order valence-corrected chi connectivity index (χ3v) is 3.93. The Bertz CT molecular complexity index is 364. The fourth-order valence-electron chi connectivity index (χ4n) is 2.98. The standard InChI is InChI=1S/C16H27N3/c1-14(17)11-18(2)16-9-6-10-19(13-16)12-15-7-4-3-5-8-15/h3-5,7-8,14,16H,6,9-13,17H2,1-2H3. The molecule has 106 valence electrons. The second-order valence-electron chi connectivity index (χ2n) is 5.93. The lowest BCUT2D eigenvalue weighted by Gasteiger charge is -2.38. The number of likely N-dealkylation sites (N-methyl/N-ethyl adjacent to an activating group) is 1. The minimum absolute atomic E-state index is 0.259. The second kappa shape index (κ2) is 7.04. The number of nitrogens with zero attached hydrogens (tertiary/aromatic N) is 2. The van der Waals surface area contributed by atoms with E-state index in [0.29, 0.717) is 6.04 Å². The average Bonchev–Trinajstić information content (AvgIpc) is 2.39. The molecule has 0 radical (unpaired) electrons. The molecule has 2 unspecified atom stereocenters. The van der Waals surface area contributed by atoms with E-state index in [1.165, 1.54) is 24.9 Å². The average molecular weight is 261 g/mol. The van der Waals surface area contributed by atoms with Gasteiger partial charge in [-0.25, -0.2) is 0 Å². The lowest BCUT2D eigenvalue weighted by molar-refractivity contribution is 0.108. The molecule has 3 heteroatoms. The summed E-state index contributed by atoms with van der Waals surface area (Å²) in [5.41, 5.74) is 7.32. The van der Waals surface area contributed by atoms with Crippen LogP contribution < -0.4 is 5.73 Å². The molecule has 0 saturated carbocycles. The van der Waals surface area contributed by atoms with Crippen LogP contribution in [-0.2, 0) is 6.54 Å². The van der Waals surface area contributed by atoms with Crippen molar-refractivity contribution < 1.29 is 0 Å². The zero-order valence-corrected chi connectivity index (χ0v) is 12.3. The zero-order valence-electron chi connectivity index (χ0n) is 12.3. The number of hydrogen-bond acceptors (Lipinski definition) is 3. The van der Waals surface area contributed by atoms with Crippen molar-refractivity contribution in [2.24, 2.45) is 5.73 Å². The molecule has 3 nitrogen and oxygen atoms in total. The van der Waals surface area contributed by atoms with Gasteiger partial charge < -0.3 is 10.6 Å². The van der Waals surface area contributed by atoms with Crippen LogP contribution in [0, 0.1) is 0 Å². The van der Waals surface area contributed by atoms with Crippen LogP contribution in [0.15, 0.2) is 30.3 Å². The fraction of sp³-hybridized carbons (Fsp3) is 0.625. The van der Waals surface area contributed by atoms with Crippen molar-refractivity contribution in [2.75, 3.05) is 26.7 Å². The summed E-state index contributed by atoms with van der Waals surface area (Å²) in [5.74, 6) is 0. The monoisotopic (exact) mass is 261 g/mol. The summed E-state index contributed by atoms with van der Waals surface area (Å²) in [5, 5.41) is 0. The van der Waals surface area contributed by atoms with Crippen LogP contribution in [0.25, 0.3) is 0 Å². The van der Waals surface area contributed by atoms with Gasteiger partial charge in [-0.15, -0.1) is 0 Å². The van der Waals surface area contributed by atoms with Gasteiger partial charge in [-0.05, 0) is 38.9 Å². The molecular weight excluding hydrogens is 234 g/mol. The maximum absolute atomic E-state index is 5.90. The van der Waals surface area contributed by atoms with E-state index in [9.17, 15) is 0 Å². The highest BCUT2D eigenvalue weighted by atomic mass is 15.2. The van der Waals surface area contributed by atoms with E-state index in [0.717, 1.165) is 19.6 Å². The maximum atomic E-state index is 5.90. The topological polar surface area (TPSA) is 32.5 Å². The molecule has 0 amide bonds. The van der Waals surface area contributed by atoms with Gasteiger partial charge >= 0.3 is 0 Å². The van der Waals surface area contributed by atoms with Crippen molar-refractivity contribution in [1.29, 1.82) is 0 Å². The van der Waals surface area contributed by atoms with E-state index in [4.69, 9.17) is 5.73 Å². The lowest BCUT2D eigenvalue weighted by atomic mass is 10.0. The quantitative estimate of drug-likeness (QED) is 0.879. The molecule has 1 aromatic carbocycles. The number of benzene rings is 1. The lowest BCUT2D eigenvalue weighted by Crippen LogP contribution is -2.48. The molecule has 0 aromatic heterocycles. The number of nitrogens with two attached hydrogens (primary N) is 1. The Labute approximate surface area is 117 Å². The van der Waals surface area contributed by atoms with Crippen LogP contribution in [0.3, 0.4) is 0 Å². The van der Waals surface area contributed by atoms with Gasteiger partial charge in [0, 0.05) is 31.7 Å². The third-order valence-electron chi connectivity index (χ3n) is 3.93. The van der Waals surface area contributed by atoms with Crippen molar-refractivity contribution in [1.82, 2.24) is 9.80 Å². The number of rotatable bonds is 5. The van der Waals surface area contributed by atoms with Crippen LogP contribution in [0.4, 0.5) is 0 Å². The largest absolute Gasteiger partial charge is 0.327 e. The molecule has 2 atom stereocenters. The van der Waals surface area contributed by atoms with Crippen molar-refractivity contribution in [3.05, 3.63) is 35.9 Å².